The van der Waals surface area contributed by atoms with Crippen molar-refractivity contribution in [3.8, 4) is 0 Å². The summed E-state index contributed by atoms with van der Waals surface area (Å²) in [6.45, 7) is 5.03. The minimum atomic E-state index is -0.989. The van der Waals surface area contributed by atoms with Crippen molar-refractivity contribution in [1.82, 2.24) is 5.32 Å². The number of nitrogens with one attached hydrogen (secondary N) is 1. The molecule has 5 heteroatoms. The summed E-state index contributed by atoms with van der Waals surface area (Å²) in [5, 5.41) is 11.6. The molecular formula is C12H15NO3S. The highest BCUT2D eigenvalue weighted by molar-refractivity contribution is 7.15. The number of thiophene rings is 1. The predicted molar refractivity (Wildman–Crippen MR) is 65.5 cm³/mol. The Hall–Kier alpha value is -1.36. The third-order valence-corrected chi connectivity index (χ3v) is 4.34. The molecule has 92 valence electrons. The fourth-order valence-electron chi connectivity index (χ4n) is 1.80. The molecule has 2 N–H and O–H groups in total. The maximum Gasteiger partial charge on any atom is 0.345 e. The summed E-state index contributed by atoms with van der Waals surface area (Å²) in [6, 6.07) is 3.02. The Bertz CT molecular complexity index is 464. The zero-order chi connectivity index (χ0) is 12.6. The molecule has 1 aromatic rings. The SMILES string of the molecule is CC1(C)CC1CNC(=O)c1ccc(C(=O)O)s1. The lowest BCUT2D eigenvalue weighted by Gasteiger charge is -2.04. The van der Waals surface area contributed by atoms with Gasteiger partial charge in [0.25, 0.3) is 5.91 Å². The van der Waals surface area contributed by atoms with Gasteiger partial charge in [0.05, 0.1) is 4.88 Å². The molecule has 1 unspecified atom stereocenters. The summed E-state index contributed by atoms with van der Waals surface area (Å²) in [5.41, 5.74) is 0.342. The van der Waals surface area contributed by atoms with Crippen molar-refractivity contribution in [2.75, 3.05) is 6.54 Å². The van der Waals surface area contributed by atoms with Gasteiger partial charge in [-0.15, -0.1) is 11.3 Å². The van der Waals surface area contributed by atoms with E-state index in [-0.39, 0.29) is 10.8 Å². The first-order valence-corrected chi connectivity index (χ1v) is 6.33. The molecule has 17 heavy (non-hydrogen) atoms. The van der Waals surface area contributed by atoms with E-state index in [4.69, 9.17) is 5.11 Å². The van der Waals surface area contributed by atoms with E-state index in [9.17, 15) is 9.59 Å². The maximum absolute atomic E-state index is 11.7. The Morgan fingerprint density at radius 1 is 1.47 bits per heavy atom. The second-order valence-corrected chi connectivity index (χ2v) is 6.15. The van der Waals surface area contributed by atoms with Crippen LogP contribution in [0, 0.1) is 11.3 Å². The van der Waals surface area contributed by atoms with Gasteiger partial charge >= 0.3 is 5.97 Å². The van der Waals surface area contributed by atoms with Gasteiger partial charge in [-0.05, 0) is 29.9 Å². The van der Waals surface area contributed by atoms with Crippen LogP contribution in [-0.4, -0.2) is 23.5 Å². The Morgan fingerprint density at radius 2 is 2.06 bits per heavy atom. The third kappa shape index (κ3) is 2.66. The largest absolute Gasteiger partial charge is 0.477 e. The molecule has 1 saturated carbocycles. The number of carbonyl (C=O) groups excluding carboxylic acids is 1. The van der Waals surface area contributed by atoms with Crippen LogP contribution in [-0.2, 0) is 0 Å². The summed E-state index contributed by atoms with van der Waals surface area (Å²) < 4.78 is 0. The smallest absolute Gasteiger partial charge is 0.345 e. The van der Waals surface area contributed by atoms with E-state index in [1.165, 1.54) is 6.07 Å². The zero-order valence-electron chi connectivity index (χ0n) is 9.82. The molecule has 0 aliphatic heterocycles. The van der Waals surface area contributed by atoms with Gasteiger partial charge in [0.2, 0.25) is 0 Å². The van der Waals surface area contributed by atoms with Crippen molar-refractivity contribution in [3.63, 3.8) is 0 Å². The normalized spacial score (nSPS) is 20.9. The molecule has 0 aromatic carbocycles. The molecule has 1 aliphatic carbocycles. The number of hydrogen-bond donors (Lipinski definition) is 2. The summed E-state index contributed by atoms with van der Waals surface area (Å²) in [5.74, 6) is -0.618. The first kappa shape index (κ1) is 12.1. The first-order chi connectivity index (χ1) is 7.90. The van der Waals surface area contributed by atoms with E-state index in [0.29, 0.717) is 22.8 Å². The van der Waals surface area contributed by atoms with Crippen LogP contribution in [0.4, 0.5) is 0 Å². The highest BCUT2D eigenvalue weighted by Crippen LogP contribution is 2.50. The van der Waals surface area contributed by atoms with Gasteiger partial charge in [-0.25, -0.2) is 4.79 Å². The van der Waals surface area contributed by atoms with Gasteiger partial charge in [0.1, 0.15) is 4.88 Å². The van der Waals surface area contributed by atoms with Crippen molar-refractivity contribution in [2.45, 2.75) is 20.3 Å². The quantitative estimate of drug-likeness (QED) is 0.864. The molecule has 0 saturated heterocycles. The molecule has 1 fully saturated rings. The fourth-order valence-corrected chi connectivity index (χ4v) is 2.56. The van der Waals surface area contributed by atoms with Crippen LogP contribution < -0.4 is 5.32 Å². The average Bonchev–Trinajstić information content (AvgIpc) is 2.68. The molecule has 1 aromatic heterocycles. The Balaban J connectivity index is 1.89. The van der Waals surface area contributed by atoms with Crippen molar-refractivity contribution < 1.29 is 14.7 Å². The lowest BCUT2D eigenvalue weighted by molar-refractivity contribution is 0.0702. The Labute approximate surface area is 104 Å². The van der Waals surface area contributed by atoms with Gasteiger partial charge in [-0.2, -0.15) is 0 Å². The van der Waals surface area contributed by atoms with Gasteiger partial charge < -0.3 is 10.4 Å². The Kier molecular flexibility index (Phi) is 2.95. The van der Waals surface area contributed by atoms with Gasteiger partial charge in [0.15, 0.2) is 0 Å². The highest BCUT2D eigenvalue weighted by atomic mass is 32.1. The van der Waals surface area contributed by atoms with Crippen LogP contribution in [0.2, 0.25) is 0 Å². The van der Waals surface area contributed by atoms with E-state index >= 15 is 0 Å². The summed E-state index contributed by atoms with van der Waals surface area (Å²) in [6.07, 6.45) is 1.14. The first-order valence-electron chi connectivity index (χ1n) is 5.51. The second kappa shape index (κ2) is 4.14. The molecule has 1 atom stereocenters. The van der Waals surface area contributed by atoms with Crippen molar-refractivity contribution in [1.29, 1.82) is 0 Å². The standard InChI is InChI=1S/C12H15NO3S/c1-12(2)5-7(12)6-13-10(14)8-3-4-9(17-8)11(15)16/h3-4,7H,5-6H2,1-2H3,(H,13,14)(H,15,16). The highest BCUT2D eigenvalue weighted by Gasteiger charge is 2.45. The van der Waals surface area contributed by atoms with Crippen LogP contribution in [0.5, 0.6) is 0 Å². The van der Waals surface area contributed by atoms with Crippen LogP contribution in [0.1, 0.15) is 39.6 Å². The zero-order valence-corrected chi connectivity index (χ0v) is 10.6. The van der Waals surface area contributed by atoms with Crippen LogP contribution in [0.15, 0.2) is 12.1 Å². The number of rotatable bonds is 4. The van der Waals surface area contributed by atoms with Crippen LogP contribution in [0.25, 0.3) is 0 Å². The number of hydrogen-bond acceptors (Lipinski definition) is 3. The van der Waals surface area contributed by atoms with E-state index in [1.54, 1.807) is 6.07 Å². The summed E-state index contributed by atoms with van der Waals surface area (Å²) in [4.78, 5) is 23.1. The van der Waals surface area contributed by atoms with Crippen molar-refractivity contribution in [2.24, 2.45) is 11.3 Å². The molecule has 0 spiro atoms. The van der Waals surface area contributed by atoms with E-state index in [0.717, 1.165) is 17.8 Å². The topological polar surface area (TPSA) is 66.4 Å². The molecule has 0 bridgehead atoms. The molecule has 2 rings (SSSR count). The third-order valence-electron chi connectivity index (χ3n) is 3.27. The van der Waals surface area contributed by atoms with Gasteiger partial charge in [0, 0.05) is 6.54 Å². The average molecular weight is 253 g/mol. The summed E-state index contributed by atoms with van der Waals surface area (Å²) >= 11 is 1.01. The number of amides is 1. The van der Waals surface area contributed by atoms with Crippen LogP contribution >= 0.6 is 11.3 Å². The minimum absolute atomic E-state index is 0.176. The number of carbonyl (C=O) groups is 2. The molecule has 1 amide bonds. The number of carboxylic acids is 1. The molecule has 1 aliphatic rings. The Morgan fingerprint density at radius 3 is 2.53 bits per heavy atom. The van der Waals surface area contributed by atoms with Gasteiger partial charge in [-0.3, -0.25) is 4.79 Å². The number of carboxylic acid groups (broad SMARTS) is 1. The molecule has 0 radical (unpaired) electrons. The fraction of sp³-hybridized carbons (Fsp3) is 0.500. The van der Waals surface area contributed by atoms with Gasteiger partial charge in [-0.1, -0.05) is 13.8 Å². The van der Waals surface area contributed by atoms with E-state index in [1.807, 2.05) is 0 Å². The number of aromatic carboxylic acids is 1. The molecular weight excluding hydrogens is 238 g/mol. The predicted octanol–water partition coefficient (Wildman–Crippen LogP) is 2.22. The van der Waals surface area contributed by atoms with E-state index < -0.39 is 5.97 Å². The second-order valence-electron chi connectivity index (χ2n) is 5.07. The van der Waals surface area contributed by atoms with Crippen LogP contribution in [0.3, 0.4) is 0 Å². The molecule has 4 nitrogen and oxygen atoms in total. The van der Waals surface area contributed by atoms with E-state index in [2.05, 4.69) is 19.2 Å². The minimum Gasteiger partial charge on any atom is -0.477 e. The lowest BCUT2D eigenvalue weighted by atomic mass is 10.1. The summed E-state index contributed by atoms with van der Waals surface area (Å²) in [7, 11) is 0. The lowest BCUT2D eigenvalue weighted by Crippen LogP contribution is -2.25. The molecule has 1 heterocycles. The maximum atomic E-state index is 11.7. The van der Waals surface area contributed by atoms with Crippen molar-refractivity contribution in [3.05, 3.63) is 21.9 Å². The monoisotopic (exact) mass is 253 g/mol. The van der Waals surface area contributed by atoms with Crippen molar-refractivity contribution >= 4 is 23.2 Å².